The van der Waals surface area contributed by atoms with Crippen molar-refractivity contribution in [3.05, 3.63) is 29.3 Å². The smallest absolute Gasteiger partial charge is 0.257 e. The molecule has 6 heteroatoms. The lowest BCUT2D eigenvalue weighted by Crippen LogP contribution is -2.41. The molecule has 6 nitrogen and oxygen atoms in total. The van der Waals surface area contributed by atoms with Gasteiger partial charge in [0.25, 0.3) is 5.91 Å². The molecule has 3 N–H and O–H groups in total. The fourth-order valence-electron chi connectivity index (χ4n) is 3.64. The van der Waals surface area contributed by atoms with E-state index in [2.05, 4.69) is 4.90 Å². The van der Waals surface area contributed by atoms with E-state index in [9.17, 15) is 9.90 Å². The number of likely N-dealkylation sites (tertiary alicyclic amines) is 2. The first-order valence-electron chi connectivity index (χ1n) is 8.75. The molecule has 0 bridgehead atoms. The van der Waals surface area contributed by atoms with Gasteiger partial charge in [-0.1, -0.05) is 11.6 Å². The van der Waals surface area contributed by atoms with Crippen molar-refractivity contribution < 1.29 is 14.6 Å². The lowest BCUT2D eigenvalue weighted by atomic mass is 10.1. The molecular formula is C18H27N3O3. The van der Waals surface area contributed by atoms with Gasteiger partial charge < -0.3 is 20.5 Å². The minimum absolute atomic E-state index is 0.0506. The Hall–Kier alpha value is -1.63. The van der Waals surface area contributed by atoms with Gasteiger partial charge in [0, 0.05) is 19.6 Å². The van der Waals surface area contributed by atoms with E-state index < -0.39 is 6.10 Å². The molecule has 0 radical (unpaired) electrons. The summed E-state index contributed by atoms with van der Waals surface area (Å²) in [6.45, 7) is 5.71. The molecule has 1 amide bonds. The van der Waals surface area contributed by atoms with Crippen molar-refractivity contribution in [3.63, 3.8) is 0 Å². The van der Waals surface area contributed by atoms with Crippen LogP contribution in [0.1, 0.15) is 28.8 Å². The van der Waals surface area contributed by atoms with Crippen molar-refractivity contribution in [2.45, 2.75) is 31.9 Å². The Labute approximate surface area is 143 Å². The van der Waals surface area contributed by atoms with Crippen LogP contribution in [0.15, 0.2) is 18.2 Å². The van der Waals surface area contributed by atoms with E-state index in [1.54, 1.807) is 4.90 Å². The first kappa shape index (κ1) is 17.2. The number of ether oxygens (including phenoxy) is 1. The van der Waals surface area contributed by atoms with Crippen molar-refractivity contribution in [1.82, 2.24) is 9.80 Å². The fraction of sp³-hybridized carbons (Fsp3) is 0.611. The summed E-state index contributed by atoms with van der Waals surface area (Å²) in [7, 11) is 0. The number of carbonyl (C=O) groups excluding carboxylic acids is 1. The molecule has 24 heavy (non-hydrogen) atoms. The zero-order chi connectivity index (χ0) is 17.1. The fourth-order valence-corrected chi connectivity index (χ4v) is 3.64. The lowest BCUT2D eigenvalue weighted by molar-refractivity contribution is 0.0759. The van der Waals surface area contributed by atoms with Gasteiger partial charge in [-0.3, -0.25) is 9.69 Å². The SMILES string of the molecule is Cc1ccc(OCCN)c(C(=O)N2C[C@H](O)[C@@H](N3CCCC3)C2)c1. The molecule has 2 saturated heterocycles. The van der Waals surface area contributed by atoms with Gasteiger partial charge in [0.2, 0.25) is 0 Å². The quantitative estimate of drug-likeness (QED) is 0.826. The number of hydrogen-bond acceptors (Lipinski definition) is 5. The summed E-state index contributed by atoms with van der Waals surface area (Å²) < 4.78 is 5.63. The topological polar surface area (TPSA) is 79.0 Å². The lowest BCUT2D eigenvalue weighted by Gasteiger charge is -2.25. The monoisotopic (exact) mass is 333 g/mol. The van der Waals surface area contributed by atoms with Gasteiger partial charge in [-0.15, -0.1) is 0 Å². The predicted octanol–water partition coefficient (Wildman–Crippen LogP) is 0.614. The average Bonchev–Trinajstić information content (AvgIpc) is 3.22. The third kappa shape index (κ3) is 3.55. The highest BCUT2D eigenvalue weighted by Crippen LogP contribution is 2.26. The number of hydrogen-bond donors (Lipinski definition) is 2. The first-order valence-corrected chi connectivity index (χ1v) is 8.75. The highest BCUT2D eigenvalue weighted by molar-refractivity contribution is 5.97. The molecule has 2 heterocycles. The van der Waals surface area contributed by atoms with Gasteiger partial charge in [0.05, 0.1) is 17.7 Å². The number of carbonyl (C=O) groups is 1. The maximum absolute atomic E-state index is 13.0. The van der Waals surface area contributed by atoms with Crippen LogP contribution in [-0.2, 0) is 0 Å². The Kier molecular flexibility index (Phi) is 5.38. The zero-order valence-corrected chi connectivity index (χ0v) is 14.3. The summed E-state index contributed by atoms with van der Waals surface area (Å²) >= 11 is 0. The Morgan fingerprint density at radius 1 is 1.33 bits per heavy atom. The Morgan fingerprint density at radius 3 is 2.79 bits per heavy atom. The number of nitrogens with zero attached hydrogens (tertiary/aromatic N) is 2. The van der Waals surface area contributed by atoms with Crippen molar-refractivity contribution in [2.75, 3.05) is 39.3 Å². The molecule has 1 aromatic carbocycles. The molecule has 2 atom stereocenters. The van der Waals surface area contributed by atoms with Crippen LogP contribution in [0.3, 0.4) is 0 Å². The number of rotatable bonds is 5. The van der Waals surface area contributed by atoms with Crippen molar-refractivity contribution >= 4 is 5.91 Å². The van der Waals surface area contributed by atoms with Crippen LogP contribution in [-0.4, -0.2) is 72.3 Å². The summed E-state index contributed by atoms with van der Waals surface area (Å²) in [5, 5.41) is 10.4. The van der Waals surface area contributed by atoms with Crippen LogP contribution >= 0.6 is 0 Å². The van der Waals surface area contributed by atoms with Crippen LogP contribution in [0.25, 0.3) is 0 Å². The number of β-amino-alcohol motifs (C(OH)–C–C–N with tert-alkyl or cyclic N) is 1. The van der Waals surface area contributed by atoms with E-state index in [0.717, 1.165) is 18.7 Å². The predicted molar refractivity (Wildman–Crippen MR) is 92.2 cm³/mol. The molecule has 3 rings (SSSR count). The molecule has 132 valence electrons. The maximum Gasteiger partial charge on any atom is 0.257 e. The summed E-state index contributed by atoms with van der Waals surface area (Å²) in [4.78, 5) is 17.0. The molecule has 0 unspecified atom stereocenters. The largest absolute Gasteiger partial charge is 0.491 e. The van der Waals surface area contributed by atoms with Crippen LogP contribution in [0.5, 0.6) is 5.75 Å². The van der Waals surface area contributed by atoms with Crippen LogP contribution in [0, 0.1) is 6.92 Å². The molecule has 2 fully saturated rings. The average molecular weight is 333 g/mol. The molecule has 0 saturated carbocycles. The third-order valence-electron chi connectivity index (χ3n) is 4.90. The molecule has 1 aromatic rings. The number of benzene rings is 1. The molecule has 0 aromatic heterocycles. The van der Waals surface area contributed by atoms with Gasteiger partial charge in [0.15, 0.2) is 0 Å². The van der Waals surface area contributed by atoms with Gasteiger partial charge in [0.1, 0.15) is 12.4 Å². The van der Waals surface area contributed by atoms with E-state index in [4.69, 9.17) is 10.5 Å². The maximum atomic E-state index is 13.0. The second kappa shape index (κ2) is 7.51. The van der Waals surface area contributed by atoms with E-state index >= 15 is 0 Å². The Bertz CT molecular complexity index is 587. The van der Waals surface area contributed by atoms with Gasteiger partial charge in [-0.05, 0) is 45.0 Å². The zero-order valence-electron chi connectivity index (χ0n) is 14.3. The Balaban J connectivity index is 1.75. The normalized spacial score (nSPS) is 24.5. The summed E-state index contributed by atoms with van der Waals surface area (Å²) in [5.74, 6) is 0.488. The van der Waals surface area contributed by atoms with Gasteiger partial charge >= 0.3 is 0 Å². The number of aryl methyl sites for hydroxylation is 1. The van der Waals surface area contributed by atoms with E-state index in [1.807, 2.05) is 25.1 Å². The molecule has 2 aliphatic heterocycles. The van der Waals surface area contributed by atoms with Crippen LogP contribution < -0.4 is 10.5 Å². The van der Waals surface area contributed by atoms with Crippen molar-refractivity contribution in [1.29, 1.82) is 0 Å². The van der Waals surface area contributed by atoms with Gasteiger partial charge in [-0.2, -0.15) is 0 Å². The number of amides is 1. The standard InChI is InChI=1S/C18H27N3O3/c1-13-4-5-17(24-9-6-19)14(10-13)18(23)21-11-15(16(22)12-21)20-7-2-3-8-20/h4-5,10,15-16,22H,2-3,6-9,11-12,19H2,1H3/t15-,16-/m0/s1. The highest BCUT2D eigenvalue weighted by atomic mass is 16.5. The third-order valence-corrected chi connectivity index (χ3v) is 4.90. The van der Waals surface area contributed by atoms with E-state index in [1.165, 1.54) is 12.8 Å². The van der Waals surface area contributed by atoms with Crippen LogP contribution in [0.4, 0.5) is 0 Å². The molecular weight excluding hydrogens is 306 g/mol. The molecule has 0 aliphatic carbocycles. The van der Waals surface area contributed by atoms with Crippen molar-refractivity contribution in [3.8, 4) is 5.75 Å². The van der Waals surface area contributed by atoms with E-state index in [-0.39, 0.29) is 11.9 Å². The van der Waals surface area contributed by atoms with E-state index in [0.29, 0.717) is 37.6 Å². The number of aliphatic hydroxyl groups is 1. The minimum atomic E-state index is -0.481. The second-order valence-electron chi connectivity index (χ2n) is 6.72. The first-order chi connectivity index (χ1) is 11.6. The summed E-state index contributed by atoms with van der Waals surface area (Å²) in [5.41, 5.74) is 7.06. The molecule has 0 spiro atoms. The second-order valence-corrected chi connectivity index (χ2v) is 6.72. The highest BCUT2D eigenvalue weighted by Gasteiger charge is 2.39. The Morgan fingerprint density at radius 2 is 2.08 bits per heavy atom. The van der Waals surface area contributed by atoms with Crippen molar-refractivity contribution in [2.24, 2.45) is 5.73 Å². The number of nitrogens with two attached hydrogens (primary N) is 1. The van der Waals surface area contributed by atoms with Gasteiger partial charge in [-0.25, -0.2) is 0 Å². The summed E-state index contributed by atoms with van der Waals surface area (Å²) in [6, 6.07) is 5.65. The molecule has 2 aliphatic rings. The van der Waals surface area contributed by atoms with Crippen LogP contribution in [0.2, 0.25) is 0 Å². The summed E-state index contributed by atoms with van der Waals surface area (Å²) in [6.07, 6.45) is 1.86. The minimum Gasteiger partial charge on any atom is -0.491 e. The number of aliphatic hydroxyl groups excluding tert-OH is 1.